The van der Waals surface area contributed by atoms with E-state index in [0.29, 0.717) is 0 Å². The highest BCUT2D eigenvalue weighted by Crippen LogP contribution is 2.56. The normalized spacial score (nSPS) is 14.9. The lowest BCUT2D eigenvalue weighted by Crippen LogP contribution is -1.48. The van der Waals surface area contributed by atoms with E-state index in [2.05, 4.69) is 48.5 Å². The summed E-state index contributed by atoms with van der Waals surface area (Å²) in [4.78, 5) is 0. The number of hydrogen-bond donors (Lipinski definition) is 0. The molecule has 0 nitrogen and oxygen atoms in total. The van der Waals surface area contributed by atoms with Gasteiger partial charge in [-0.05, 0) is 33.4 Å². The molecule has 0 fully saturated rings. The molecule has 0 N–H and O–H groups in total. The fourth-order valence-electron chi connectivity index (χ4n) is 2.27. The summed E-state index contributed by atoms with van der Waals surface area (Å²) in [6, 6.07) is 17.3. The Hall–Kier alpha value is -1.82. The summed E-state index contributed by atoms with van der Waals surface area (Å²) in [5.41, 5.74) is 8.74. The molecule has 14 heavy (non-hydrogen) atoms. The largest absolute Gasteiger partial charge is 0.0616 e. The van der Waals surface area contributed by atoms with Gasteiger partial charge in [0.15, 0.2) is 0 Å². The molecule has 0 amide bonds. The summed E-state index contributed by atoms with van der Waals surface area (Å²) in [6.07, 6.45) is 0. The minimum absolute atomic E-state index is 1.44. The van der Waals surface area contributed by atoms with Gasteiger partial charge in [0.1, 0.15) is 0 Å². The Kier molecular flexibility index (Phi) is 0.935. The molecule has 0 atom stereocenters. The number of benzene rings is 2. The highest BCUT2D eigenvalue weighted by atomic mass is 14.4. The van der Waals surface area contributed by atoms with E-state index in [-0.39, 0.29) is 0 Å². The topological polar surface area (TPSA) is 0 Å². The van der Waals surface area contributed by atoms with Crippen molar-refractivity contribution in [2.75, 3.05) is 0 Å². The van der Waals surface area contributed by atoms with Gasteiger partial charge < -0.3 is 0 Å². The minimum atomic E-state index is 1.44. The van der Waals surface area contributed by atoms with Crippen molar-refractivity contribution in [2.45, 2.75) is 0 Å². The van der Waals surface area contributed by atoms with Gasteiger partial charge in [-0.2, -0.15) is 0 Å². The van der Waals surface area contributed by atoms with E-state index in [1.165, 1.54) is 33.4 Å². The Morgan fingerprint density at radius 3 is 1.00 bits per heavy atom. The lowest BCUT2D eigenvalue weighted by Gasteiger charge is -1.70. The van der Waals surface area contributed by atoms with Crippen LogP contribution in [0.2, 0.25) is 0 Å². The van der Waals surface area contributed by atoms with Crippen LogP contribution in [-0.4, -0.2) is 0 Å². The average molecular weight is 176 g/mol. The molecule has 2 aromatic carbocycles. The number of rotatable bonds is 0. The van der Waals surface area contributed by atoms with E-state index in [1.54, 1.807) is 0 Å². The van der Waals surface area contributed by atoms with Gasteiger partial charge in [-0.3, -0.25) is 0 Å². The molecule has 0 saturated heterocycles. The first-order valence-corrected chi connectivity index (χ1v) is 4.90. The van der Waals surface area contributed by atoms with Gasteiger partial charge in [-0.25, -0.2) is 0 Å². The standard InChI is InChI=1S/C14H8/c1-2-6-10-9(5-1)13(10)14-11-7-3-4-8-12(11)14/h1-8H. The van der Waals surface area contributed by atoms with Gasteiger partial charge in [0.2, 0.25) is 0 Å². The van der Waals surface area contributed by atoms with Crippen molar-refractivity contribution in [3.8, 4) is 0 Å². The summed E-state index contributed by atoms with van der Waals surface area (Å²) in [6.45, 7) is 0. The lowest BCUT2D eigenvalue weighted by atomic mass is 10.3. The first kappa shape index (κ1) is 6.61. The molecular formula is C14H8. The molecule has 0 bridgehead atoms. The van der Waals surface area contributed by atoms with Crippen LogP contribution in [0.3, 0.4) is 0 Å². The molecule has 0 heteroatoms. The van der Waals surface area contributed by atoms with Crippen molar-refractivity contribution in [3.63, 3.8) is 0 Å². The Bertz CT molecular complexity index is 485. The molecule has 64 valence electrons. The van der Waals surface area contributed by atoms with Crippen LogP contribution in [0.5, 0.6) is 0 Å². The maximum absolute atomic E-state index is 2.20. The van der Waals surface area contributed by atoms with Crippen LogP contribution in [0.1, 0.15) is 22.3 Å². The first-order valence-electron chi connectivity index (χ1n) is 4.90. The molecule has 2 aliphatic rings. The molecular weight excluding hydrogens is 168 g/mol. The zero-order valence-electron chi connectivity index (χ0n) is 7.62. The van der Waals surface area contributed by atoms with Crippen LogP contribution < -0.4 is 0 Å². The zero-order valence-corrected chi connectivity index (χ0v) is 7.62. The smallest absolute Gasteiger partial charge is 0.00139 e. The van der Waals surface area contributed by atoms with Crippen molar-refractivity contribution in [1.29, 1.82) is 0 Å². The molecule has 0 aliphatic heterocycles. The van der Waals surface area contributed by atoms with Gasteiger partial charge in [-0.15, -0.1) is 0 Å². The van der Waals surface area contributed by atoms with Crippen LogP contribution in [-0.2, 0) is 0 Å². The highest BCUT2D eigenvalue weighted by Gasteiger charge is 2.36. The molecule has 4 rings (SSSR count). The Labute approximate surface area is 82.5 Å². The van der Waals surface area contributed by atoms with Gasteiger partial charge in [-0.1, -0.05) is 48.5 Å². The molecule has 0 heterocycles. The third-order valence-corrected chi connectivity index (χ3v) is 3.06. The van der Waals surface area contributed by atoms with Crippen LogP contribution >= 0.6 is 0 Å². The fraction of sp³-hybridized carbons (Fsp3) is 0. The first-order chi connectivity index (χ1) is 6.97. The van der Waals surface area contributed by atoms with Crippen LogP contribution in [0, 0.1) is 0 Å². The van der Waals surface area contributed by atoms with E-state index in [1.807, 2.05) is 0 Å². The van der Waals surface area contributed by atoms with Crippen LogP contribution in [0.25, 0.3) is 11.1 Å². The zero-order chi connectivity index (χ0) is 9.12. The van der Waals surface area contributed by atoms with E-state index in [4.69, 9.17) is 0 Å². The second-order valence-corrected chi connectivity index (χ2v) is 3.84. The van der Waals surface area contributed by atoms with Crippen molar-refractivity contribution in [3.05, 3.63) is 70.8 Å². The van der Waals surface area contributed by atoms with Crippen molar-refractivity contribution in [1.82, 2.24) is 0 Å². The molecule has 0 spiro atoms. The molecule has 2 aromatic rings. The molecule has 2 aliphatic carbocycles. The summed E-state index contributed by atoms with van der Waals surface area (Å²) >= 11 is 0. The fourth-order valence-corrected chi connectivity index (χ4v) is 2.27. The van der Waals surface area contributed by atoms with Gasteiger partial charge in [0, 0.05) is 0 Å². The summed E-state index contributed by atoms with van der Waals surface area (Å²) in [7, 11) is 0. The Morgan fingerprint density at radius 2 is 0.714 bits per heavy atom. The van der Waals surface area contributed by atoms with Crippen molar-refractivity contribution < 1.29 is 0 Å². The maximum Gasteiger partial charge on any atom is -0.00139 e. The van der Waals surface area contributed by atoms with Crippen LogP contribution in [0.15, 0.2) is 48.5 Å². The summed E-state index contributed by atoms with van der Waals surface area (Å²) in [5, 5.41) is 0. The Morgan fingerprint density at radius 1 is 0.429 bits per heavy atom. The van der Waals surface area contributed by atoms with E-state index >= 15 is 0 Å². The summed E-state index contributed by atoms with van der Waals surface area (Å²) < 4.78 is 0. The van der Waals surface area contributed by atoms with Gasteiger partial charge in [0.25, 0.3) is 0 Å². The second-order valence-electron chi connectivity index (χ2n) is 3.84. The molecule has 0 saturated carbocycles. The highest BCUT2D eigenvalue weighted by molar-refractivity contribution is 6.23. The number of fused-ring (bicyclic) bond motifs is 2. The monoisotopic (exact) mass is 176 g/mol. The summed E-state index contributed by atoms with van der Waals surface area (Å²) in [5.74, 6) is 0. The average Bonchev–Trinajstić information content (AvgIpc) is 3.07. The minimum Gasteiger partial charge on any atom is -0.0616 e. The predicted octanol–water partition coefficient (Wildman–Crippen LogP) is 3.32. The van der Waals surface area contributed by atoms with Crippen LogP contribution in [0.4, 0.5) is 0 Å². The molecule has 0 radical (unpaired) electrons. The predicted molar refractivity (Wildman–Crippen MR) is 57.9 cm³/mol. The molecule has 0 unspecified atom stereocenters. The number of hydrogen-bond acceptors (Lipinski definition) is 0. The van der Waals surface area contributed by atoms with Gasteiger partial charge >= 0.3 is 0 Å². The SMILES string of the molecule is c1ccc2c(c1)C2=C1c2ccccc21. The Balaban J connectivity index is 1.94. The van der Waals surface area contributed by atoms with E-state index in [9.17, 15) is 0 Å². The van der Waals surface area contributed by atoms with E-state index < -0.39 is 0 Å². The van der Waals surface area contributed by atoms with E-state index in [0.717, 1.165) is 0 Å². The third kappa shape index (κ3) is 0.655. The lowest BCUT2D eigenvalue weighted by molar-refractivity contribution is 1.77. The third-order valence-electron chi connectivity index (χ3n) is 3.06. The maximum atomic E-state index is 2.20. The van der Waals surface area contributed by atoms with Gasteiger partial charge in [0.05, 0.1) is 0 Å². The van der Waals surface area contributed by atoms with Crippen molar-refractivity contribution >= 4 is 11.1 Å². The second kappa shape index (κ2) is 1.98. The van der Waals surface area contributed by atoms with Crippen molar-refractivity contribution in [2.24, 2.45) is 0 Å². The quantitative estimate of drug-likeness (QED) is 0.385. The molecule has 0 aromatic heterocycles.